The summed E-state index contributed by atoms with van der Waals surface area (Å²) in [5.41, 5.74) is 2.30. The zero-order valence-electron chi connectivity index (χ0n) is 7.61. The molecule has 0 radical (unpaired) electrons. The molecule has 0 unspecified atom stereocenters. The van der Waals surface area contributed by atoms with Crippen molar-refractivity contribution in [3.05, 3.63) is 34.4 Å². The van der Waals surface area contributed by atoms with Gasteiger partial charge in [0.1, 0.15) is 6.07 Å². The third-order valence-corrected chi connectivity index (χ3v) is 1.50. The Morgan fingerprint density at radius 2 is 1.92 bits per heavy atom. The summed E-state index contributed by atoms with van der Waals surface area (Å²) in [6, 6.07) is 2.04. The third-order valence-electron chi connectivity index (χ3n) is 1.31. The molecule has 0 N–H and O–H groups in total. The molecule has 0 saturated heterocycles. The third kappa shape index (κ3) is 3.41. The number of rotatable bonds is 2. The van der Waals surface area contributed by atoms with Crippen LogP contribution in [-0.2, 0) is 0 Å². The van der Waals surface area contributed by atoms with Gasteiger partial charge in [0.15, 0.2) is 0 Å². The summed E-state index contributed by atoms with van der Waals surface area (Å²) < 4.78 is 0. The van der Waals surface area contributed by atoms with Gasteiger partial charge in [0.05, 0.1) is 5.57 Å². The van der Waals surface area contributed by atoms with Crippen LogP contribution in [-0.4, -0.2) is 0 Å². The smallest absolute Gasteiger partial charge is 0.101 e. The van der Waals surface area contributed by atoms with Gasteiger partial charge >= 0.3 is 0 Å². The molecular formula is C10H12ClN. The SMILES string of the molecule is C=C(C)/C=C(C)\C(C#N)=C(/C)Cl. The van der Waals surface area contributed by atoms with Crippen molar-refractivity contribution >= 4 is 11.6 Å². The zero-order valence-corrected chi connectivity index (χ0v) is 8.37. The lowest BCUT2D eigenvalue weighted by atomic mass is 10.1. The van der Waals surface area contributed by atoms with Crippen molar-refractivity contribution in [1.82, 2.24) is 0 Å². The Labute approximate surface area is 78.7 Å². The molecular weight excluding hydrogens is 170 g/mol. The van der Waals surface area contributed by atoms with E-state index in [4.69, 9.17) is 16.9 Å². The first-order chi connectivity index (χ1) is 5.49. The highest BCUT2D eigenvalue weighted by Crippen LogP contribution is 2.17. The van der Waals surface area contributed by atoms with Gasteiger partial charge in [-0.1, -0.05) is 29.8 Å². The molecule has 0 aromatic rings. The van der Waals surface area contributed by atoms with Gasteiger partial charge in [-0.3, -0.25) is 0 Å². The van der Waals surface area contributed by atoms with E-state index in [9.17, 15) is 0 Å². The van der Waals surface area contributed by atoms with Crippen LogP contribution < -0.4 is 0 Å². The first-order valence-electron chi connectivity index (χ1n) is 3.59. The van der Waals surface area contributed by atoms with Crippen molar-refractivity contribution in [2.45, 2.75) is 20.8 Å². The van der Waals surface area contributed by atoms with E-state index >= 15 is 0 Å². The Kier molecular flexibility index (Phi) is 4.39. The molecule has 2 heteroatoms. The van der Waals surface area contributed by atoms with E-state index in [0.717, 1.165) is 11.1 Å². The fraction of sp³-hybridized carbons (Fsp3) is 0.300. The van der Waals surface area contributed by atoms with Gasteiger partial charge in [-0.25, -0.2) is 0 Å². The quantitative estimate of drug-likeness (QED) is 0.472. The van der Waals surface area contributed by atoms with Crippen molar-refractivity contribution in [3.8, 4) is 6.07 Å². The lowest BCUT2D eigenvalue weighted by Crippen LogP contribution is -1.84. The monoisotopic (exact) mass is 181 g/mol. The van der Waals surface area contributed by atoms with E-state index in [1.807, 2.05) is 26.0 Å². The van der Waals surface area contributed by atoms with E-state index < -0.39 is 0 Å². The highest BCUT2D eigenvalue weighted by atomic mass is 35.5. The summed E-state index contributed by atoms with van der Waals surface area (Å²) in [5.74, 6) is 0. The lowest BCUT2D eigenvalue weighted by Gasteiger charge is -1.99. The maximum atomic E-state index is 8.72. The van der Waals surface area contributed by atoms with Crippen molar-refractivity contribution in [2.75, 3.05) is 0 Å². The summed E-state index contributed by atoms with van der Waals surface area (Å²) >= 11 is 5.71. The molecule has 0 aromatic carbocycles. The molecule has 0 spiro atoms. The molecule has 64 valence electrons. The second-order valence-corrected chi connectivity index (χ2v) is 3.26. The average molecular weight is 182 g/mol. The number of nitrogens with zero attached hydrogens (tertiary/aromatic N) is 1. The van der Waals surface area contributed by atoms with Crippen molar-refractivity contribution in [3.63, 3.8) is 0 Å². The number of allylic oxidation sites excluding steroid dienone is 5. The van der Waals surface area contributed by atoms with Crippen LogP contribution >= 0.6 is 11.6 Å². The van der Waals surface area contributed by atoms with E-state index in [2.05, 4.69) is 6.58 Å². The van der Waals surface area contributed by atoms with Gasteiger partial charge < -0.3 is 0 Å². The van der Waals surface area contributed by atoms with E-state index in [-0.39, 0.29) is 0 Å². The summed E-state index contributed by atoms with van der Waals surface area (Å²) in [6.45, 7) is 9.15. The predicted octanol–water partition coefficient (Wildman–Crippen LogP) is 3.55. The minimum Gasteiger partial charge on any atom is -0.192 e. The van der Waals surface area contributed by atoms with Gasteiger partial charge in [-0.2, -0.15) is 5.26 Å². The Morgan fingerprint density at radius 1 is 1.42 bits per heavy atom. The lowest BCUT2D eigenvalue weighted by molar-refractivity contribution is 1.35. The summed E-state index contributed by atoms with van der Waals surface area (Å²) in [4.78, 5) is 0. The van der Waals surface area contributed by atoms with Gasteiger partial charge in [0.2, 0.25) is 0 Å². The minimum absolute atomic E-state index is 0.521. The fourth-order valence-corrected chi connectivity index (χ4v) is 1.07. The maximum Gasteiger partial charge on any atom is 0.101 e. The second-order valence-electron chi connectivity index (χ2n) is 2.69. The Morgan fingerprint density at radius 3 is 2.17 bits per heavy atom. The van der Waals surface area contributed by atoms with Crippen molar-refractivity contribution < 1.29 is 0 Å². The van der Waals surface area contributed by atoms with Gasteiger partial charge in [0, 0.05) is 5.03 Å². The molecule has 0 heterocycles. The van der Waals surface area contributed by atoms with E-state index in [0.29, 0.717) is 10.6 Å². The van der Waals surface area contributed by atoms with Gasteiger partial charge in [-0.05, 0) is 26.3 Å². The normalized spacial score (nSPS) is 13.4. The van der Waals surface area contributed by atoms with Crippen LogP contribution in [0, 0.1) is 11.3 Å². The Bertz CT molecular complexity index is 285. The van der Waals surface area contributed by atoms with E-state index in [1.165, 1.54) is 0 Å². The molecule has 12 heavy (non-hydrogen) atoms. The summed E-state index contributed by atoms with van der Waals surface area (Å²) in [7, 11) is 0. The predicted molar refractivity (Wildman–Crippen MR) is 52.7 cm³/mol. The van der Waals surface area contributed by atoms with Crippen LogP contribution in [0.15, 0.2) is 34.4 Å². The molecule has 0 saturated carbocycles. The minimum atomic E-state index is 0.521. The maximum absolute atomic E-state index is 8.72. The first-order valence-corrected chi connectivity index (χ1v) is 3.97. The highest BCUT2D eigenvalue weighted by molar-refractivity contribution is 6.30. The van der Waals surface area contributed by atoms with Crippen LogP contribution in [0.5, 0.6) is 0 Å². The number of halogens is 1. The van der Waals surface area contributed by atoms with Crippen LogP contribution in [0.25, 0.3) is 0 Å². The topological polar surface area (TPSA) is 23.8 Å². The second kappa shape index (κ2) is 4.79. The zero-order chi connectivity index (χ0) is 9.72. The molecule has 0 aliphatic rings. The van der Waals surface area contributed by atoms with Crippen molar-refractivity contribution in [2.24, 2.45) is 0 Å². The molecule has 0 aromatic heterocycles. The van der Waals surface area contributed by atoms with Crippen LogP contribution in [0.4, 0.5) is 0 Å². The number of nitriles is 1. The van der Waals surface area contributed by atoms with E-state index in [1.54, 1.807) is 6.92 Å². The van der Waals surface area contributed by atoms with Crippen LogP contribution in [0.3, 0.4) is 0 Å². The van der Waals surface area contributed by atoms with Gasteiger partial charge in [0.25, 0.3) is 0 Å². The van der Waals surface area contributed by atoms with Crippen molar-refractivity contribution in [1.29, 1.82) is 5.26 Å². The molecule has 0 aliphatic carbocycles. The average Bonchev–Trinajstić information content (AvgIpc) is 1.85. The van der Waals surface area contributed by atoms with Gasteiger partial charge in [-0.15, -0.1) is 0 Å². The van der Waals surface area contributed by atoms with Crippen LogP contribution in [0.1, 0.15) is 20.8 Å². The molecule has 0 bridgehead atoms. The van der Waals surface area contributed by atoms with Crippen LogP contribution in [0.2, 0.25) is 0 Å². The molecule has 0 aliphatic heterocycles. The molecule has 0 amide bonds. The first kappa shape index (κ1) is 11.0. The number of hydrogen-bond acceptors (Lipinski definition) is 1. The highest BCUT2D eigenvalue weighted by Gasteiger charge is 2.01. The summed E-state index contributed by atoms with van der Waals surface area (Å²) in [5, 5.41) is 9.24. The Hall–Kier alpha value is -1.00. The molecule has 0 fully saturated rings. The molecule has 0 atom stereocenters. The summed E-state index contributed by atoms with van der Waals surface area (Å²) in [6.07, 6.45) is 1.84. The largest absolute Gasteiger partial charge is 0.192 e. The molecule has 1 nitrogen and oxygen atoms in total. The standard InChI is InChI=1S/C10H12ClN/c1-7(2)5-8(3)10(6-12)9(4)11/h5H,1H2,2-4H3/b8-5-,10-9+. The number of hydrogen-bond donors (Lipinski definition) is 0. The molecule has 0 rings (SSSR count). The fourth-order valence-electron chi connectivity index (χ4n) is 0.879. The Balaban J connectivity index is 4.95.